The zero-order valence-electron chi connectivity index (χ0n) is 17.8. The second kappa shape index (κ2) is 8.71. The molecule has 1 aromatic heterocycles. The van der Waals surface area contributed by atoms with Gasteiger partial charge in [-0.25, -0.2) is 0 Å². The van der Waals surface area contributed by atoms with E-state index in [0.29, 0.717) is 5.82 Å². The SMILES string of the molecule is Nc1cc(N2CCN(c3ccccc3)CC2)nc(N2CCN(c3ccccc3)CC2)n1. The molecule has 0 radical (unpaired) electrons. The van der Waals surface area contributed by atoms with Crippen molar-refractivity contribution in [2.24, 2.45) is 0 Å². The number of nitrogens with two attached hydrogens (primary N) is 1. The Hall–Kier alpha value is -3.48. The van der Waals surface area contributed by atoms with Crippen molar-refractivity contribution in [3.8, 4) is 0 Å². The summed E-state index contributed by atoms with van der Waals surface area (Å²) >= 11 is 0. The summed E-state index contributed by atoms with van der Waals surface area (Å²) in [5.74, 6) is 2.21. The van der Waals surface area contributed by atoms with Gasteiger partial charge in [0.2, 0.25) is 5.95 Å². The lowest BCUT2D eigenvalue weighted by atomic mass is 10.2. The molecule has 0 saturated carbocycles. The van der Waals surface area contributed by atoms with E-state index in [4.69, 9.17) is 10.7 Å². The predicted molar refractivity (Wildman–Crippen MR) is 128 cm³/mol. The highest BCUT2D eigenvalue weighted by atomic mass is 15.4. The molecule has 0 unspecified atom stereocenters. The Kier molecular flexibility index (Phi) is 5.48. The fourth-order valence-corrected chi connectivity index (χ4v) is 4.38. The summed E-state index contributed by atoms with van der Waals surface area (Å²) in [4.78, 5) is 18.9. The number of hydrogen-bond acceptors (Lipinski definition) is 7. The largest absolute Gasteiger partial charge is 0.383 e. The van der Waals surface area contributed by atoms with Gasteiger partial charge in [-0.1, -0.05) is 36.4 Å². The van der Waals surface area contributed by atoms with E-state index < -0.39 is 0 Å². The molecule has 2 aromatic carbocycles. The lowest BCUT2D eigenvalue weighted by Gasteiger charge is -2.38. The molecule has 0 spiro atoms. The van der Waals surface area contributed by atoms with Crippen molar-refractivity contribution in [2.75, 3.05) is 77.7 Å². The molecule has 2 fully saturated rings. The first-order chi connectivity index (χ1) is 15.3. The molecule has 7 heteroatoms. The van der Waals surface area contributed by atoms with Gasteiger partial charge in [-0.3, -0.25) is 0 Å². The molecule has 2 aliphatic rings. The fourth-order valence-electron chi connectivity index (χ4n) is 4.38. The third-order valence-electron chi connectivity index (χ3n) is 6.13. The summed E-state index contributed by atoms with van der Waals surface area (Å²) in [6.45, 7) is 7.47. The van der Waals surface area contributed by atoms with Gasteiger partial charge in [0.25, 0.3) is 0 Å². The van der Waals surface area contributed by atoms with Crippen LogP contribution in [0.4, 0.5) is 29.0 Å². The average molecular weight is 416 g/mol. The van der Waals surface area contributed by atoms with Gasteiger partial charge in [-0.05, 0) is 24.3 Å². The van der Waals surface area contributed by atoms with Crippen LogP contribution in [0, 0.1) is 0 Å². The molecule has 0 bridgehead atoms. The molecule has 0 aliphatic carbocycles. The molecule has 2 saturated heterocycles. The van der Waals surface area contributed by atoms with Gasteiger partial charge >= 0.3 is 0 Å². The molecule has 2 aliphatic heterocycles. The van der Waals surface area contributed by atoms with Crippen LogP contribution in [0.2, 0.25) is 0 Å². The molecule has 160 valence electrons. The molecule has 31 heavy (non-hydrogen) atoms. The monoisotopic (exact) mass is 415 g/mol. The van der Waals surface area contributed by atoms with Crippen molar-refractivity contribution >= 4 is 29.0 Å². The topological polar surface area (TPSA) is 64.8 Å². The molecular weight excluding hydrogens is 386 g/mol. The number of rotatable bonds is 4. The van der Waals surface area contributed by atoms with Gasteiger partial charge in [0.05, 0.1) is 0 Å². The van der Waals surface area contributed by atoms with Crippen LogP contribution in [0.15, 0.2) is 66.7 Å². The Bertz CT molecular complexity index is 902. The number of nitrogen functional groups attached to an aromatic ring is 1. The van der Waals surface area contributed by atoms with Crippen molar-refractivity contribution in [1.29, 1.82) is 0 Å². The maximum Gasteiger partial charge on any atom is 0.229 e. The Morgan fingerprint density at radius 3 is 1.52 bits per heavy atom. The summed E-state index contributed by atoms with van der Waals surface area (Å²) < 4.78 is 0. The first-order valence-electron chi connectivity index (χ1n) is 11.0. The maximum absolute atomic E-state index is 6.18. The highest BCUT2D eigenvalue weighted by Crippen LogP contribution is 2.24. The molecule has 7 nitrogen and oxygen atoms in total. The Morgan fingerprint density at radius 2 is 1.00 bits per heavy atom. The number of nitrogens with zero attached hydrogens (tertiary/aromatic N) is 6. The molecule has 3 aromatic rings. The first kappa shape index (κ1) is 19.5. The molecular formula is C24H29N7. The number of hydrogen-bond donors (Lipinski definition) is 1. The average Bonchev–Trinajstić information content (AvgIpc) is 2.85. The molecule has 2 N–H and O–H groups in total. The third kappa shape index (κ3) is 4.35. The minimum Gasteiger partial charge on any atom is -0.383 e. The van der Waals surface area contributed by atoms with Crippen LogP contribution in [0.25, 0.3) is 0 Å². The number of piperazine rings is 2. The third-order valence-corrected chi connectivity index (χ3v) is 6.13. The Labute approximate surface area is 183 Å². The lowest BCUT2D eigenvalue weighted by molar-refractivity contribution is 0.631. The molecule has 0 amide bonds. The summed E-state index contributed by atoms with van der Waals surface area (Å²) in [7, 11) is 0. The van der Waals surface area contributed by atoms with E-state index >= 15 is 0 Å². The van der Waals surface area contributed by atoms with Crippen LogP contribution in [0.1, 0.15) is 0 Å². The van der Waals surface area contributed by atoms with Crippen LogP contribution in [-0.4, -0.2) is 62.3 Å². The number of para-hydroxylation sites is 2. The van der Waals surface area contributed by atoms with Crippen LogP contribution in [-0.2, 0) is 0 Å². The van der Waals surface area contributed by atoms with E-state index in [-0.39, 0.29) is 0 Å². The zero-order valence-corrected chi connectivity index (χ0v) is 17.8. The standard InChI is InChI=1S/C24H29N7/c25-22-19-23(30-15-11-28(12-16-30)20-7-3-1-4-8-20)27-24(26-22)31-17-13-29(14-18-31)21-9-5-2-6-10-21/h1-10,19H,11-18H2,(H2,25,26,27). The Balaban J connectivity index is 1.24. The minimum atomic E-state index is 0.538. The molecule has 3 heterocycles. The van der Waals surface area contributed by atoms with Gasteiger partial charge in [-0.2, -0.15) is 9.97 Å². The van der Waals surface area contributed by atoms with Gasteiger partial charge in [0, 0.05) is 69.8 Å². The second-order valence-corrected chi connectivity index (χ2v) is 8.07. The van der Waals surface area contributed by atoms with E-state index in [1.54, 1.807) is 0 Å². The van der Waals surface area contributed by atoms with Crippen LogP contribution in [0.5, 0.6) is 0 Å². The zero-order chi connectivity index (χ0) is 21.0. The number of benzene rings is 2. The Morgan fingerprint density at radius 1 is 0.548 bits per heavy atom. The lowest BCUT2D eigenvalue weighted by Crippen LogP contribution is -2.48. The van der Waals surface area contributed by atoms with Gasteiger partial charge in [0.1, 0.15) is 11.6 Å². The predicted octanol–water partition coefficient (Wildman–Crippen LogP) is 2.71. The van der Waals surface area contributed by atoms with Crippen molar-refractivity contribution in [3.63, 3.8) is 0 Å². The van der Waals surface area contributed by atoms with Crippen LogP contribution < -0.4 is 25.3 Å². The normalized spacial score (nSPS) is 17.2. The van der Waals surface area contributed by atoms with Crippen molar-refractivity contribution in [1.82, 2.24) is 9.97 Å². The molecule has 0 atom stereocenters. The number of aromatic nitrogens is 2. The van der Waals surface area contributed by atoms with E-state index in [9.17, 15) is 0 Å². The second-order valence-electron chi connectivity index (χ2n) is 8.07. The van der Waals surface area contributed by atoms with Gasteiger partial charge < -0.3 is 25.3 Å². The van der Waals surface area contributed by atoms with Crippen molar-refractivity contribution in [2.45, 2.75) is 0 Å². The van der Waals surface area contributed by atoms with E-state index in [1.807, 2.05) is 6.07 Å². The van der Waals surface area contributed by atoms with Crippen molar-refractivity contribution in [3.05, 3.63) is 66.7 Å². The van der Waals surface area contributed by atoms with Gasteiger partial charge in [-0.15, -0.1) is 0 Å². The van der Waals surface area contributed by atoms with Crippen LogP contribution in [0.3, 0.4) is 0 Å². The van der Waals surface area contributed by atoms with Crippen LogP contribution >= 0.6 is 0 Å². The summed E-state index contributed by atoms with van der Waals surface area (Å²) in [6.07, 6.45) is 0. The smallest absolute Gasteiger partial charge is 0.229 e. The fraction of sp³-hybridized carbons (Fsp3) is 0.333. The summed E-state index contributed by atoms with van der Waals surface area (Å²) in [5.41, 5.74) is 8.73. The van der Waals surface area contributed by atoms with E-state index in [2.05, 4.69) is 85.2 Å². The van der Waals surface area contributed by atoms with E-state index in [1.165, 1.54) is 11.4 Å². The number of anilines is 5. The summed E-state index contributed by atoms with van der Waals surface area (Å²) in [5, 5.41) is 0. The summed E-state index contributed by atoms with van der Waals surface area (Å²) in [6, 6.07) is 23.1. The maximum atomic E-state index is 6.18. The van der Waals surface area contributed by atoms with Gasteiger partial charge in [0.15, 0.2) is 0 Å². The highest BCUT2D eigenvalue weighted by molar-refractivity contribution is 5.55. The quantitative estimate of drug-likeness (QED) is 0.703. The van der Waals surface area contributed by atoms with E-state index in [0.717, 1.165) is 64.1 Å². The highest BCUT2D eigenvalue weighted by Gasteiger charge is 2.23. The van der Waals surface area contributed by atoms with Crippen molar-refractivity contribution < 1.29 is 0 Å². The first-order valence-corrected chi connectivity index (χ1v) is 11.0. The minimum absolute atomic E-state index is 0.538. The molecule has 5 rings (SSSR count).